The summed E-state index contributed by atoms with van der Waals surface area (Å²) in [7, 11) is 1.90. The Morgan fingerprint density at radius 1 is 1.22 bits per heavy atom. The van der Waals surface area contributed by atoms with Gasteiger partial charge < -0.3 is 4.57 Å². The van der Waals surface area contributed by atoms with Gasteiger partial charge in [0.2, 0.25) is 0 Å². The molecule has 2 heterocycles. The SMILES string of the molecule is Cc1ccc(-c2cc3cn[nH]c(=O)c3n2C)cc1. The van der Waals surface area contributed by atoms with Crippen molar-refractivity contribution in [2.24, 2.45) is 7.05 Å². The van der Waals surface area contributed by atoms with Gasteiger partial charge in [0, 0.05) is 18.1 Å². The van der Waals surface area contributed by atoms with E-state index < -0.39 is 0 Å². The molecule has 90 valence electrons. The number of aryl methyl sites for hydroxylation is 2. The molecule has 1 N–H and O–H groups in total. The lowest BCUT2D eigenvalue weighted by Crippen LogP contribution is -2.10. The van der Waals surface area contributed by atoms with Gasteiger partial charge in [0.15, 0.2) is 0 Å². The topological polar surface area (TPSA) is 50.7 Å². The minimum absolute atomic E-state index is 0.159. The summed E-state index contributed by atoms with van der Waals surface area (Å²) in [5, 5.41) is 7.14. The Bertz CT molecular complexity index is 766. The van der Waals surface area contributed by atoms with E-state index >= 15 is 0 Å². The van der Waals surface area contributed by atoms with Crippen molar-refractivity contribution in [3.8, 4) is 11.3 Å². The number of rotatable bonds is 1. The summed E-state index contributed by atoms with van der Waals surface area (Å²) < 4.78 is 1.90. The highest BCUT2D eigenvalue weighted by atomic mass is 16.1. The first-order valence-corrected chi connectivity index (χ1v) is 5.77. The Balaban J connectivity index is 2.30. The molecular formula is C14H13N3O. The average Bonchev–Trinajstić information content (AvgIpc) is 2.69. The van der Waals surface area contributed by atoms with Crippen molar-refractivity contribution in [2.45, 2.75) is 6.92 Å². The number of hydrogen-bond donors (Lipinski definition) is 1. The van der Waals surface area contributed by atoms with E-state index in [1.54, 1.807) is 6.20 Å². The molecule has 3 rings (SSSR count). The number of fused-ring (bicyclic) bond motifs is 1. The minimum atomic E-state index is -0.159. The molecule has 0 bridgehead atoms. The van der Waals surface area contributed by atoms with Gasteiger partial charge in [0.05, 0.1) is 6.20 Å². The Hall–Kier alpha value is -2.36. The number of nitrogens with one attached hydrogen (secondary N) is 1. The van der Waals surface area contributed by atoms with Crippen LogP contribution in [0, 0.1) is 6.92 Å². The zero-order valence-electron chi connectivity index (χ0n) is 10.3. The van der Waals surface area contributed by atoms with Crippen molar-refractivity contribution in [3.05, 3.63) is 52.4 Å². The highest BCUT2D eigenvalue weighted by Gasteiger charge is 2.10. The fraction of sp³-hybridized carbons (Fsp3) is 0.143. The van der Waals surface area contributed by atoms with Gasteiger partial charge in [-0.25, -0.2) is 5.10 Å². The van der Waals surface area contributed by atoms with Crippen LogP contribution in [0.25, 0.3) is 22.2 Å². The summed E-state index contributed by atoms with van der Waals surface area (Å²) in [5.41, 5.74) is 3.83. The van der Waals surface area contributed by atoms with Crippen LogP contribution in [0.2, 0.25) is 0 Å². The van der Waals surface area contributed by atoms with Gasteiger partial charge in [-0.1, -0.05) is 29.8 Å². The third kappa shape index (κ3) is 1.54. The smallest absolute Gasteiger partial charge is 0.288 e. The van der Waals surface area contributed by atoms with E-state index in [0.29, 0.717) is 5.52 Å². The highest BCUT2D eigenvalue weighted by Crippen LogP contribution is 2.24. The predicted octanol–water partition coefficient (Wildman–Crippen LogP) is 2.24. The number of benzene rings is 1. The van der Waals surface area contributed by atoms with E-state index in [1.807, 2.05) is 17.7 Å². The van der Waals surface area contributed by atoms with E-state index in [2.05, 4.69) is 41.4 Å². The maximum atomic E-state index is 11.8. The van der Waals surface area contributed by atoms with Crippen LogP contribution < -0.4 is 5.56 Å². The van der Waals surface area contributed by atoms with E-state index in [-0.39, 0.29) is 5.56 Å². The van der Waals surface area contributed by atoms with Gasteiger partial charge in [-0.15, -0.1) is 0 Å². The minimum Gasteiger partial charge on any atom is -0.339 e. The van der Waals surface area contributed by atoms with Gasteiger partial charge in [-0.2, -0.15) is 5.10 Å². The standard InChI is InChI=1S/C14H13N3O/c1-9-3-5-10(6-4-9)12-7-11-8-15-16-14(18)13(11)17(12)2/h3-8H,1-2H3,(H,16,18). The van der Waals surface area contributed by atoms with Crippen molar-refractivity contribution >= 4 is 10.9 Å². The van der Waals surface area contributed by atoms with Crippen molar-refractivity contribution in [2.75, 3.05) is 0 Å². The van der Waals surface area contributed by atoms with Gasteiger partial charge >= 0.3 is 0 Å². The monoisotopic (exact) mass is 239 g/mol. The fourth-order valence-corrected chi connectivity index (χ4v) is 2.22. The second-order valence-electron chi connectivity index (χ2n) is 4.46. The average molecular weight is 239 g/mol. The highest BCUT2D eigenvalue weighted by molar-refractivity contribution is 5.85. The summed E-state index contributed by atoms with van der Waals surface area (Å²) in [6.45, 7) is 2.06. The quantitative estimate of drug-likeness (QED) is 0.708. The van der Waals surface area contributed by atoms with Crippen LogP contribution in [0.5, 0.6) is 0 Å². The molecule has 18 heavy (non-hydrogen) atoms. The molecular weight excluding hydrogens is 226 g/mol. The molecule has 2 aromatic heterocycles. The molecule has 0 fully saturated rings. The summed E-state index contributed by atoms with van der Waals surface area (Å²) in [6, 6.07) is 10.2. The Kier molecular flexibility index (Phi) is 2.30. The van der Waals surface area contributed by atoms with Crippen LogP contribution >= 0.6 is 0 Å². The Morgan fingerprint density at radius 2 is 1.94 bits per heavy atom. The number of aromatic nitrogens is 3. The summed E-state index contributed by atoms with van der Waals surface area (Å²) in [4.78, 5) is 11.8. The van der Waals surface area contributed by atoms with Crippen LogP contribution in [-0.4, -0.2) is 14.8 Å². The lowest BCUT2D eigenvalue weighted by Gasteiger charge is -2.04. The molecule has 0 aliphatic heterocycles. The molecule has 0 atom stereocenters. The molecule has 0 unspecified atom stereocenters. The molecule has 4 nitrogen and oxygen atoms in total. The number of aromatic amines is 1. The predicted molar refractivity (Wildman–Crippen MR) is 71.5 cm³/mol. The summed E-state index contributed by atoms with van der Waals surface area (Å²) in [6.07, 6.45) is 1.68. The zero-order valence-corrected chi connectivity index (χ0v) is 10.3. The van der Waals surface area contributed by atoms with Crippen LogP contribution in [-0.2, 0) is 7.05 Å². The van der Waals surface area contributed by atoms with Crippen LogP contribution in [0.3, 0.4) is 0 Å². The first-order valence-electron chi connectivity index (χ1n) is 5.77. The van der Waals surface area contributed by atoms with Crippen LogP contribution in [0.1, 0.15) is 5.56 Å². The van der Waals surface area contributed by atoms with Crippen molar-refractivity contribution in [3.63, 3.8) is 0 Å². The molecule has 0 radical (unpaired) electrons. The molecule has 0 spiro atoms. The van der Waals surface area contributed by atoms with E-state index in [9.17, 15) is 4.79 Å². The molecule has 0 saturated carbocycles. The first-order chi connectivity index (χ1) is 8.66. The fourth-order valence-electron chi connectivity index (χ4n) is 2.22. The number of nitrogens with zero attached hydrogens (tertiary/aromatic N) is 2. The normalized spacial score (nSPS) is 11.0. The van der Waals surface area contributed by atoms with Gasteiger partial charge in [0.25, 0.3) is 5.56 Å². The number of hydrogen-bond acceptors (Lipinski definition) is 2. The second-order valence-corrected chi connectivity index (χ2v) is 4.46. The lowest BCUT2D eigenvalue weighted by atomic mass is 10.1. The third-order valence-corrected chi connectivity index (χ3v) is 3.19. The molecule has 3 aromatic rings. The first kappa shape index (κ1) is 10.8. The molecule has 1 aromatic carbocycles. The van der Waals surface area contributed by atoms with Crippen LogP contribution in [0.4, 0.5) is 0 Å². The zero-order chi connectivity index (χ0) is 12.7. The molecule has 4 heteroatoms. The van der Waals surface area contributed by atoms with E-state index in [4.69, 9.17) is 0 Å². The van der Waals surface area contributed by atoms with Gasteiger partial charge in [0.1, 0.15) is 5.52 Å². The Morgan fingerprint density at radius 3 is 2.61 bits per heavy atom. The molecule has 0 amide bonds. The Labute approximate surface area is 104 Å². The molecule has 0 saturated heterocycles. The van der Waals surface area contributed by atoms with Crippen molar-refractivity contribution < 1.29 is 0 Å². The van der Waals surface area contributed by atoms with E-state index in [1.165, 1.54) is 5.56 Å². The summed E-state index contributed by atoms with van der Waals surface area (Å²) in [5.74, 6) is 0. The maximum Gasteiger partial charge on any atom is 0.288 e. The van der Waals surface area contributed by atoms with Crippen molar-refractivity contribution in [1.82, 2.24) is 14.8 Å². The second kappa shape index (κ2) is 3.84. The largest absolute Gasteiger partial charge is 0.339 e. The third-order valence-electron chi connectivity index (χ3n) is 3.19. The summed E-state index contributed by atoms with van der Waals surface area (Å²) >= 11 is 0. The van der Waals surface area contributed by atoms with Gasteiger partial charge in [-0.05, 0) is 18.6 Å². The number of H-pyrrole nitrogens is 1. The molecule has 0 aliphatic carbocycles. The van der Waals surface area contributed by atoms with Crippen LogP contribution in [0.15, 0.2) is 41.3 Å². The van der Waals surface area contributed by atoms with E-state index in [0.717, 1.165) is 16.6 Å². The maximum absolute atomic E-state index is 11.8. The molecule has 0 aliphatic rings. The van der Waals surface area contributed by atoms with Gasteiger partial charge in [-0.3, -0.25) is 4.79 Å². The van der Waals surface area contributed by atoms with Crippen molar-refractivity contribution in [1.29, 1.82) is 0 Å². The lowest BCUT2D eigenvalue weighted by molar-refractivity contribution is 0.940.